The third-order valence-electron chi connectivity index (χ3n) is 5.07. The van der Waals surface area contributed by atoms with Crippen molar-refractivity contribution >= 4 is 39.8 Å². The molecular formula is C26H20ClNO3S. The van der Waals surface area contributed by atoms with Gasteiger partial charge in [-0.3, -0.25) is 4.79 Å². The lowest BCUT2D eigenvalue weighted by Crippen LogP contribution is -2.14. The van der Waals surface area contributed by atoms with Gasteiger partial charge in [-0.25, -0.2) is 4.79 Å². The van der Waals surface area contributed by atoms with Crippen molar-refractivity contribution in [1.82, 2.24) is 0 Å². The Morgan fingerprint density at radius 2 is 1.53 bits per heavy atom. The van der Waals surface area contributed by atoms with Gasteiger partial charge < -0.3 is 10.1 Å². The normalized spacial score (nSPS) is 10.6. The highest BCUT2D eigenvalue weighted by Gasteiger charge is 2.25. The zero-order chi connectivity index (χ0) is 22.7. The van der Waals surface area contributed by atoms with Gasteiger partial charge >= 0.3 is 5.97 Å². The molecule has 32 heavy (non-hydrogen) atoms. The van der Waals surface area contributed by atoms with Crippen LogP contribution >= 0.6 is 22.9 Å². The van der Waals surface area contributed by atoms with Gasteiger partial charge in [-0.15, -0.1) is 11.3 Å². The Bertz CT molecular complexity index is 1280. The van der Waals surface area contributed by atoms with E-state index in [1.165, 1.54) is 18.4 Å². The number of hydrogen-bond acceptors (Lipinski definition) is 4. The molecule has 6 heteroatoms. The van der Waals surface area contributed by atoms with Crippen LogP contribution in [-0.4, -0.2) is 19.0 Å². The Morgan fingerprint density at radius 1 is 0.875 bits per heavy atom. The van der Waals surface area contributed by atoms with Gasteiger partial charge in [0.25, 0.3) is 5.91 Å². The second kappa shape index (κ2) is 9.39. The van der Waals surface area contributed by atoms with Crippen LogP contribution in [0.4, 0.5) is 5.00 Å². The maximum Gasteiger partial charge on any atom is 0.341 e. The summed E-state index contributed by atoms with van der Waals surface area (Å²) in [6, 6.07) is 24.6. The Balaban J connectivity index is 1.66. The van der Waals surface area contributed by atoms with E-state index < -0.39 is 5.97 Å². The summed E-state index contributed by atoms with van der Waals surface area (Å²) in [5.74, 6) is -0.812. The van der Waals surface area contributed by atoms with Gasteiger partial charge in [0, 0.05) is 21.0 Å². The SMILES string of the molecule is COC(=O)c1c(NC(=O)c2ccc(-c3ccccc3)cc2)sc(C)c1-c1cccc(Cl)c1. The quantitative estimate of drug-likeness (QED) is 0.323. The van der Waals surface area contributed by atoms with E-state index in [1.54, 1.807) is 24.3 Å². The molecule has 1 aromatic heterocycles. The van der Waals surface area contributed by atoms with Crippen molar-refractivity contribution in [2.45, 2.75) is 6.92 Å². The summed E-state index contributed by atoms with van der Waals surface area (Å²) in [7, 11) is 1.32. The minimum atomic E-state index is -0.515. The summed E-state index contributed by atoms with van der Waals surface area (Å²) in [6.45, 7) is 1.90. The molecule has 0 unspecified atom stereocenters. The molecule has 0 saturated carbocycles. The minimum Gasteiger partial charge on any atom is -0.465 e. The number of amides is 1. The van der Waals surface area contributed by atoms with Gasteiger partial charge in [-0.1, -0.05) is 66.2 Å². The largest absolute Gasteiger partial charge is 0.465 e. The van der Waals surface area contributed by atoms with Crippen molar-refractivity contribution in [3.63, 3.8) is 0 Å². The van der Waals surface area contributed by atoms with Gasteiger partial charge in [-0.2, -0.15) is 0 Å². The number of hydrogen-bond donors (Lipinski definition) is 1. The number of thiophene rings is 1. The Morgan fingerprint density at radius 3 is 2.19 bits per heavy atom. The van der Waals surface area contributed by atoms with Crippen LogP contribution in [0.3, 0.4) is 0 Å². The molecule has 0 aliphatic carbocycles. The van der Waals surface area contributed by atoms with E-state index in [9.17, 15) is 9.59 Å². The number of anilines is 1. The Labute approximate surface area is 195 Å². The predicted molar refractivity (Wildman–Crippen MR) is 131 cm³/mol. The molecule has 0 aliphatic rings. The van der Waals surface area contributed by atoms with Gasteiger partial charge in [0.15, 0.2) is 0 Å². The number of methoxy groups -OCH3 is 1. The summed E-state index contributed by atoms with van der Waals surface area (Å²) in [5.41, 5.74) is 4.42. The number of carbonyl (C=O) groups excluding carboxylic acids is 2. The van der Waals surface area contributed by atoms with E-state index >= 15 is 0 Å². The molecule has 1 heterocycles. The van der Waals surface area contributed by atoms with Crippen molar-refractivity contribution in [2.75, 3.05) is 12.4 Å². The van der Waals surface area contributed by atoms with Crippen molar-refractivity contribution in [1.29, 1.82) is 0 Å². The van der Waals surface area contributed by atoms with Crippen molar-refractivity contribution in [3.8, 4) is 22.3 Å². The van der Waals surface area contributed by atoms with Crippen LogP contribution in [0, 0.1) is 6.92 Å². The zero-order valence-electron chi connectivity index (χ0n) is 17.5. The first kappa shape index (κ1) is 21.8. The van der Waals surface area contributed by atoms with E-state index in [2.05, 4.69) is 5.32 Å². The number of carbonyl (C=O) groups is 2. The number of halogens is 1. The molecule has 0 atom stereocenters. The monoisotopic (exact) mass is 461 g/mol. The summed E-state index contributed by atoms with van der Waals surface area (Å²) >= 11 is 7.49. The fraction of sp³-hybridized carbons (Fsp3) is 0.0769. The minimum absolute atomic E-state index is 0.298. The van der Waals surface area contributed by atoms with Gasteiger partial charge in [0.2, 0.25) is 0 Å². The topological polar surface area (TPSA) is 55.4 Å². The maximum atomic E-state index is 13.0. The van der Waals surface area contributed by atoms with E-state index in [1.807, 2.05) is 61.5 Å². The van der Waals surface area contributed by atoms with E-state index in [4.69, 9.17) is 16.3 Å². The van der Waals surface area contributed by atoms with E-state index in [0.29, 0.717) is 26.7 Å². The zero-order valence-corrected chi connectivity index (χ0v) is 19.1. The summed E-state index contributed by atoms with van der Waals surface area (Å²) < 4.78 is 5.02. The van der Waals surface area contributed by atoms with Crippen LogP contribution < -0.4 is 5.32 Å². The lowest BCUT2D eigenvalue weighted by atomic mass is 10.0. The van der Waals surface area contributed by atoms with Crippen LogP contribution in [-0.2, 0) is 4.74 Å². The lowest BCUT2D eigenvalue weighted by Gasteiger charge is -2.09. The van der Waals surface area contributed by atoms with Gasteiger partial charge in [0.05, 0.1) is 7.11 Å². The van der Waals surface area contributed by atoms with Crippen molar-refractivity contribution < 1.29 is 14.3 Å². The van der Waals surface area contributed by atoms with Crippen LogP contribution in [0.15, 0.2) is 78.9 Å². The van der Waals surface area contributed by atoms with Gasteiger partial charge in [-0.05, 0) is 47.9 Å². The van der Waals surface area contributed by atoms with Crippen LogP contribution in [0.5, 0.6) is 0 Å². The second-order valence-electron chi connectivity index (χ2n) is 7.14. The third kappa shape index (κ3) is 4.44. The summed E-state index contributed by atoms with van der Waals surface area (Å²) in [6.07, 6.45) is 0. The molecule has 0 radical (unpaired) electrons. The molecule has 4 aromatic rings. The number of nitrogens with one attached hydrogen (secondary N) is 1. The molecule has 0 bridgehead atoms. The molecular weight excluding hydrogens is 442 g/mol. The highest BCUT2D eigenvalue weighted by Crippen LogP contribution is 2.41. The van der Waals surface area contributed by atoms with Gasteiger partial charge in [0.1, 0.15) is 10.6 Å². The first-order valence-corrected chi connectivity index (χ1v) is 11.1. The summed E-state index contributed by atoms with van der Waals surface area (Å²) in [4.78, 5) is 26.5. The second-order valence-corrected chi connectivity index (χ2v) is 8.80. The molecule has 3 aromatic carbocycles. The molecule has 0 aliphatic heterocycles. The molecule has 0 fully saturated rings. The first-order chi connectivity index (χ1) is 15.5. The van der Waals surface area contributed by atoms with E-state index in [-0.39, 0.29) is 5.91 Å². The fourth-order valence-corrected chi connectivity index (χ4v) is 4.79. The van der Waals surface area contributed by atoms with E-state index in [0.717, 1.165) is 21.6 Å². The number of ether oxygens (including phenoxy) is 1. The average Bonchev–Trinajstić information content (AvgIpc) is 3.14. The van der Waals surface area contributed by atoms with Crippen molar-refractivity contribution in [3.05, 3.63) is 99.9 Å². The predicted octanol–water partition coefficient (Wildman–Crippen LogP) is 7.08. The molecule has 1 amide bonds. The highest BCUT2D eigenvalue weighted by atomic mass is 35.5. The van der Waals surface area contributed by atoms with Crippen LogP contribution in [0.1, 0.15) is 25.6 Å². The lowest BCUT2D eigenvalue weighted by molar-refractivity contribution is 0.0603. The number of benzene rings is 3. The number of rotatable bonds is 5. The Kier molecular flexibility index (Phi) is 6.40. The molecule has 0 spiro atoms. The van der Waals surface area contributed by atoms with Crippen LogP contribution in [0.25, 0.3) is 22.3 Å². The molecule has 4 rings (SSSR count). The smallest absolute Gasteiger partial charge is 0.341 e. The molecule has 0 saturated heterocycles. The molecule has 160 valence electrons. The number of aryl methyl sites for hydroxylation is 1. The fourth-order valence-electron chi connectivity index (χ4n) is 3.54. The van der Waals surface area contributed by atoms with Crippen LogP contribution in [0.2, 0.25) is 5.02 Å². The van der Waals surface area contributed by atoms with Crippen molar-refractivity contribution in [2.24, 2.45) is 0 Å². The molecule has 4 nitrogen and oxygen atoms in total. The average molecular weight is 462 g/mol. The third-order valence-corrected chi connectivity index (χ3v) is 6.32. The number of esters is 1. The first-order valence-electron chi connectivity index (χ1n) is 9.92. The maximum absolute atomic E-state index is 13.0. The standard InChI is InChI=1S/C26H20ClNO3S/c1-16-22(20-9-6-10-21(27)15-20)23(26(30)31-2)25(32-16)28-24(29)19-13-11-18(12-14-19)17-7-4-3-5-8-17/h3-15H,1-2H3,(H,28,29). The molecule has 1 N–H and O–H groups in total. The Hall–Kier alpha value is -3.41. The summed E-state index contributed by atoms with van der Waals surface area (Å²) in [5, 5.41) is 3.90. The highest BCUT2D eigenvalue weighted by molar-refractivity contribution is 7.17.